The Hall–Kier alpha value is -2.57. The summed E-state index contributed by atoms with van der Waals surface area (Å²) >= 11 is 0. The first-order valence-electron chi connectivity index (χ1n) is 14.3. The molecule has 0 aromatic carbocycles. The van der Waals surface area contributed by atoms with Crippen molar-refractivity contribution in [2.75, 3.05) is 13.2 Å². The van der Waals surface area contributed by atoms with Crippen LogP contribution < -0.4 is 0 Å². The average Bonchev–Trinajstić information content (AvgIpc) is 3.11. The van der Waals surface area contributed by atoms with Crippen molar-refractivity contribution in [3.05, 3.63) is 0 Å². The molecule has 4 aliphatic carbocycles. The van der Waals surface area contributed by atoms with Gasteiger partial charge in [0.1, 0.15) is 31.5 Å². The lowest BCUT2D eigenvalue weighted by Crippen LogP contribution is -2.76. The number of aliphatic hydroxyl groups is 3. The summed E-state index contributed by atoms with van der Waals surface area (Å²) < 4.78 is 22.8. The molecule has 0 bridgehead atoms. The zero-order valence-corrected chi connectivity index (χ0v) is 24.3. The standard InChI is InChI=1S/C29H42O12/c1-15(31)38-14-28-24(41-18(4)34)10-19(39-16(2)32)11-27(28,36)8-6-21-25(28)23(40-17(3)33)12-26(5)20(22(35)13-30)7-9-29(21,26)37/h19-21,23-25,30,36-37H,6-14H2,1-5H3/t19-,20+,21+,23-,24+,25-,26+,27+,28+,29-/m1/s1. The van der Waals surface area contributed by atoms with E-state index in [1.807, 2.05) is 0 Å². The Morgan fingerprint density at radius 1 is 0.829 bits per heavy atom. The van der Waals surface area contributed by atoms with Gasteiger partial charge in [0, 0.05) is 57.8 Å². The van der Waals surface area contributed by atoms with Gasteiger partial charge in [-0.25, -0.2) is 0 Å². The molecule has 10 atom stereocenters. The number of carbonyl (C=O) groups excluding carboxylic acids is 5. The molecule has 4 rings (SSSR count). The Kier molecular flexibility index (Phi) is 8.36. The van der Waals surface area contributed by atoms with Gasteiger partial charge in [-0.3, -0.25) is 24.0 Å². The highest BCUT2D eigenvalue weighted by atomic mass is 16.6. The smallest absolute Gasteiger partial charge is 0.302 e. The summed E-state index contributed by atoms with van der Waals surface area (Å²) in [6.45, 7) is 5.55. The van der Waals surface area contributed by atoms with Gasteiger partial charge in [0.25, 0.3) is 0 Å². The number of Topliss-reactive ketones (excluding diaryl/α,β-unsaturated/α-hetero) is 1. The van der Waals surface area contributed by atoms with Crippen molar-refractivity contribution >= 4 is 29.7 Å². The van der Waals surface area contributed by atoms with Crippen LogP contribution in [0.15, 0.2) is 0 Å². The minimum absolute atomic E-state index is 0.0138. The molecule has 0 spiro atoms. The van der Waals surface area contributed by atoms with Crippen molar-refractivity contribution in [2.24, 2.45) is 28.6 Å². The second-order valence-corrected chi connectivity index (χ2v) is 12.7. The van der Waals surface area contributed by atoms with Crippen molar-refractivity contribution in [2.45, 2.75) is 109 Å². The molecule has 0 heterocycles. The van der Waals surface area contributed by atoms with Gasteiger partial charge >= 0.3 is 23.9 Å². The van der Waals surface area contributed by atoms with Crippen molar-refractivity contribution in [3.8, 4) is 0 Å². The average molecular weight is 583 g/mol. The number of ketones is 1. The van der Waals surface area contributed by atoms with Gasteiger partial charge in [-0.2, -0.15) is 0 Å². The quantitative estimate of drug-likeness (QED) is 0.286. The van der Waals surface area contributed by atoms with Crippen LogP contribution in [0.5, 0.6) is 0 Å². The molecule has 12 nitrogen and oxygen atoms in total. The molecule has 4 saturated carbocycles. The van der Waals surface area contributed by atoms with Gasteiger partial charge < -0.3 is 34.3 Å². The van der Waals surface area contributed by atoms with E-state index in [-0.39, 0.29) is 38.5 Å². The minimum atomic E-state index is -1.72. The second-order valence-electron chi connectivity index (χ2n) is 12.7. The third-order valence-electron chi connectivity index (χ3n) is 10.6. The fraction of sp³-hybridized carbons (Fsp3) is 0.828. The molecule has 0 amide bonds. The number of aliphatic hydroxyl groups excluding tert-OH is 1. The van der Waals surface area contributed by atoms with Crippen LogP contribution in [0.1, 0.15) is 79.6 Å². The Morgan fingerprint density at radius 3 is 2.02 bits per heavy atom. The van der Waals surface area contributed by atoms with E-state index in [2.05, 4.69) is 0 Å². The van der Waals surface area contributed by atoms with Crippen molar-refractivity contribution in [3.63, 3.8) is 0 Å². The van der Waals surface area contributed by atoms with Gasteiger partial charge in [-0.05, 0) is 38.0 Å². The highest BCUT2D eigenvalue weighted by Gasteiger charge is 2.77. The van der Waals surface area contributed by atoms with Crippen LogP contribution in [0.3, 0.4) is 0 Å². The Bertz CT molecular complexity index is 1110. The Balaban J connectivity index is 1.94. The van der Waals surface area contributed by atoms with Crippen LogP contribution in [-0.2, 0) is 42.9 Å². The van der Waals surface area contributed by atoms with Crippen LogP contribution in [-0.4, -0.2) is 87.7 Å². The normalized spacial score (nSPS) is 43.0. The maximum absolute atomic E-state index is 12.9. The van der Waals surface area contributed by atoms with E-state index in [4.69, 9.17) is 18.9 Å². The Morgan fingerprint density at radius 2 is 1.46 bits per heavy atom. The number of esters is 4. The minimum Gasteiger partial charge on any atom is -0.465 e. The van der Waals surface area contributed by atoms with Crippen LogP contribution in [0, 0.1) is 28.6 Å². The zero-order chi connectivity index (χ0) is 30.5. The van der Waals surface area contributed by atoms with E-state index in [1.54, 1.807) is 6.92 Å². The number of ether oxygens (including phenoxy) is 4. The second kappa shape index (κ2) is 10.9. The third-order valence-corrected chi connectivity index (χ3v) is 10.6. The van der Waals surface area contributed by atoms with Crippen LogP contribution in [0.25, 0.3) is 0 Å². The molecule has 41 heavy (non-hydrogen) atoms. The molecule has 4 fully saturated rings. The van der Waals surface area contributed by atoms with Gasteiger partial charge in [-0.1, -0.05) is 6.92 Å². The summed E-state index contributed by atoms with van der Waals surface area (Å²) in [5.41, 5.74) is -5.82. The zero-order valence-electron chi connectivity index (χ0n) is 24.3. The van der Waals surface area contributed by atoms with Gasteiger partial charge in [-0.15, -0.1) is 0 Å². The van der Waals surface area contributed by atoms with E-state index in [0.29, 0.717) is 6.42 Å². The maximum Gasteiger partial charge on any atom is 0.302 e. The number of hydrogen-bond acceptors (Lipinski definition) is 12. The predicted molar refractivity (Wildman–Crippen MR) is 139 cm³/mol. The van der Waals surface area contributed by atoms with Crippen LogP contribution >= 0.6 is 0 Å². The maximum atomic E-state index is 12.9. The fourth-order valence-electron chi connectivity index (χ4n) is 9.24. The van der Waals surface area contributed by atoms with E-state index in [9.17, 15) is 39.3 Å². The molecule has 0 aliphatic heterocycles. The highest BCUT2D eigenvalue weighted by molar-refractivity contribution is 5.83. The van der Waals surface area contributed by atoms with E-state index in [0.717, 1.165) is 0 Å². The molecule has 0 radical (unpaired) electrons. The molecule has 0 aromatic rings. The molecule has 4 aliphatic rings. The lowest BCUT2D eigenvalue weighted by molar-refractivity contribution is -0.320. The first-order valence-corrected chi connectivity index (χ1v) is 14.3. The fourth-order valence-corrected chi connectivity index (χ4v) is 9.24. The molecular formula is C29H42O12. The topological polar surface area (TPSA) is 183 Å². The van der Waals surface area contributed by atoms with Crippen molar-refractivity contribution < 1.29 is 58.2 Å². The molecule has 0 unspecified atom stereocenters. The molecule has 3 N–H and O–H groups in total. The summed E-state index contributed by atoms with van der Waals surface area (Å²) in [4.78, 5) is 61.9. The van der Waals surface area contributed by atoms with Crippen LogP contribution in [0.2, 0.25) is 0 Å². The lowest BCUT2D eigenvalue weighted by atomic mass is 9.40. The molecule has 0 saturated heterocycles. The third kappa shape index (κ3) is 4.95. The summed E-state index contributed by atoms with van der Waals surface area (Å²) in [6.07, 6.45) is -2.12. The largest absolute Gasteiger partial charge is 0.465 e. The van der Waals surface area contributed by atoms with E-state index >= 15 is 0 Å². The van der Waals surface area contributed by atoms with Gasteiger partial charge in [0.15, 0.2) is 5.78 Å². The molecule has 12 heteroatoms. The van der Waals surface area contributed by atoms with E-state index in [1.165, 1.54) is 27.7 Å². The van der Waals surface area contributed by atoms with E-state index < -0.39 is 101 Å². The molecule has 0 aromatic heterocycles. The number of fused-ring (bicyclic) bond motifs is 5. The summed E-state index contributed by atoms with van der Waals surface area (Å²) in [7, 11) is 0. The summed E-state index contributed by atoms with van der Waals surface area (Å²) in [5.74, 6) is -5.16. The lowest BCUT2D eigenvalue weighted by Gasteiger charge is -2.68. The van der Waals surface area contributed by atoms with Gasteiger partial charge in [0.2, 0.25) is 0 Å². The Labute approximate surface area is 239 Å². The monoisotopic (exact) mass is 582 g/mol. The summed E-state index contributed by atoms with van der Waals surface area (Å²) in [6, 6.07) is 0. The molecule has 230 valence electrons. The van der Waals surface area contributed by atoms with Crippen LogP contribution in [0.4, 0.5) is 0 Å². The highest BCUT2D eigenvalue weighted by Crippen LogP contribution is 2.71. The number of rotatable bonds is 7. The summed E-state index contributed by atoms with van der Waals surface area (Å²) in [5, 5.41) is 34.7. The number of carbonyl (C=O) groups is 5. The molecular weight excluding hydrogens is 540 g/mol. The first kappa shape index (κ1) is 31.4. The van der Waals surface area contributed by atoms with Crippen molar-refractivity contribution in [1.82, 2.24) is 0 Å². The predicted octanol–water partition coefficient (Wildman–Crippen LogP) is 0.995. The SMILES string of the molecule is CC(=O)OC[C@]12[C@H]3[C@H](OC(C)=O)C[C@@]4(C)[C@H](C(=O)CO)CC[C@@]4(O)[C@H]3CC[C@]1(O)C[C@H](OC(C)=O)C[C@@H]2OC(C)=O. The first-order chi connectivity index (χ1) is 19.0. The van der Waals surface area contributed by atoms with Crippen molar-refractivity contribution in [1.29, 1.82) is 0 Å². The van der Waals surface area contributed by atoms with Gasteiger partial charge in [0.05, 0.1) is 16.6 Å². The number of hydrogen-bond donors (Lipinski definition) is 3.